The minimum atomic E-state index is -3.62. The van der Waals surface area contributed by atoms with Crippen LogP contribution in [0.3, 0.4) is 0 Å². The van der Waals surface area contributed by atoms with E-state index in [1.54, 1.807) is 24.3 Å². The molecule has 0 aliphatic carbocycles. The maximum Gasteiger partial charge on any atom is 0.264 e. The summed E-state index contributed by atoms with van der Waals surface area (Å²) >= 11 is 12.2. The molecule has 1 N–H and O–H groups in total. The second kappa shape index (κ2) is 9.45. The maximum absolute atomic E-state index is 13.8. The molecule has 148 valence electrons. The zero-order valence-electron chi connectivity index (χ0n) is 16.0. The number of hydrogen-bond acceptors (Lipinski definition) is 4. The van der Waals surface area contributed by atoms with E-state index in [1.807, 2.05) is 31.1 Å². The predicted octanol–water partition coefficient (Wildman–Crippen LogP) is 5.72. The third kappa shape index (κ3) is 5.49. The van der Waals surface area contributed by atoms with Crippen molar-refractivity contribution in [3.05, 3.63) is 58.1 Å². The largest absolute Gasteiger partial charge is 0.378 e. The van der Waals surface area contributed by atoms with Gasteiger partial charge in [0.25, 0.3) is 7.37 Å². The van der Waals surface area contributed by atoms with Crippen LogP contribution in [0.2, 0.25) is 10.0 Å². The van der Waals surface area contributed by atoms with Crippen LogP contribution in [0.4, 0.5) is 5.69 Å². The monoisotopic (exact) mass is 429 g/mol. The van der Waals surface area contributed by atoms with E-state index in [9.17, 15) is 9.67 Å². The smallest absolute Gasteiger partial charge is 0.264 e. The molecule has 0 heterocycles. The third-order valence-corrected chi connectivity index (χ3v) is 7.34. The molecule has 7 heteroatoms. The van der Waals surface area contributed by atoms with Gasteiger partial charge in [-0.1, -0.05) is 43.1 Å². The number of hydrogen-bond donors (Lipinski definition) is 1. The van der Waals surface area contributed by atoms with Crippen LogP contribution in [-0.2, 0) is 9.09 Å². The summed E-state index contributed by atoms with van der Waals surface area (Å²) in [6.45, 7) is 4.41. The molecule has 0 bridgehead atoms. The minimum Gasteiger partial charge on any atom is -0.378 e. The van der Waals surface area contributed by atoms with E-state index in [-0.39, 0.29) is 11.6 Å². The highest BCUT2D eigenvalue weighted by Crippen LogP contribution is 2.59. The summed E-state index contributed by atoms with van der Waals surface area (Å²) in [4.78, 5) is 1.95. The molecule has 0 saturated heterocycles. The van der Waals surface area contributed by atoms with Crippen LogP contribution >= 0.6 is 30.6 Å². The highest BCUT2D eigenvalue weighted by Gasteiger charge is 2.37. The molecule has 0 amide bonds. The van der Waals surface area contributed by atoms with Crippen LogP contribution in [0.15, 0.2) is 42.5 Å². The van der Waals surface area contributed by atoms with Gasteiger partial charge in [0.1, 0.15) is 0 Å². The number of anilines is 1. The van der Waals surface area contributed by atoms with Crippen molar-refractivity contribution < 1.29 is 14.2 Å². The summed E-state index contributed by atoms with van der Waals surface area (Å²) in [7, 11) is 0.230. The first kappa shape index (κ1) is 22.3. The van der Waals surface area contributed by atoms with E-state index in [0.717, 1.165) is 12.1 Å². The number of nitrogens with zero attached hydrogens (tertiary/aromatic N) is 1. The van der Waals surface area contributed by atoms with Crippen molar-refractivity contribution in [1.29, 1.82) is 0 Å². The van der Waals surface area contributed by atoms with Crippen LogP contribution in [0.25, 0.3) is 0 Å². The van der Waals surface area contributed by atoms with Gasteiger partial charge in [-0.15, -0.1) is 0 Å². The van der Waals surface area contributed by atoms with E-state index in [0.29, 0.717) is 21.8 Å². The first-order chi connectivity index (χ1) is 12.6. The Labute approximate surface area is 171 Å². The molecule has 2 atom stereocenters. The Kier molecular flexibility index (Phi) is 7.79. The first-order valence-corrected chi connectivity index (χ1v) is 11.3. The van der Waals surface area contributed by atoms with Crippen LogP contribution in [0, 0.1) is 5.92 Å². The SMILES string of the molecule is CC(C)CCO[P@@](=O)(c1ccc(N(C)C)cc1)[C@@H](O)c1ccc(Cl)cc1Cl. The molecule has 0 radical (unpaired) electrons. The lowest BCUT2D eigenvalue weighted by molar-refractivity contribution is 0.209. The van der Waals surface area contributed by atoms with Gasteiger partial charge in [0.2, 0.25) is 0 Å². The Morgan fingerprint density at radius 3 is 2.26 bits per heavy atom. The van der Waals surface area contributed by atoms with Crippen molar-refractivity contribution in [2.45, 2.75) is 26.1 Å². The summed E-state index contributed by atoms with van der Waals surface area (Å²) in [5.41, 5.74) is 1.30. The lowest BCUT2D eigenvalue weighted by Crippen LogP contribution is -2.17. The Bertz CT molecular complexity index is 809. The lowest BCUT2D eigenvalue weighted by atomic mass is 10.2. The standard InChI is InChI=1S/C20H26Cl2NO3P/c1-14(2)11-12-26-27(25,17-8-6-16(7-9-17)23(3)4)20(24)18-10-5-15(21)13-19(18)22/h5-10,13-14,20,24H,11-12H2,1-4H3/t20-,27+/m1/s1. The highest BCUT2D eigenvalue weighted by molar-refractivity contribution is 7.67. The van der Waals surface area contributed by atoms with E-state index < -0.39 is 13.2 Å². The molecule has 0 unspecified atom stereocenters. The molecule has 0 fully saturated rings. The number of benzene rings is 2. The van der Waals surface area contributed by atoms with Crippen LogP contribution < -0.4 is 10.2 Å². The lowest BCUT2D eigenvalue weighted by Gasteiger charge is -2.26. The van der Waals surface area contributed by atoms with Gasteiger partial charge in [0, 0.05) is 40.7 Å². The molecule has 2 aromatic rings. The second-order valence-electron chi connectivity index (χ2n) is 7.06. The van der Waals surface area contributed by atoms with Crippen LogP contribution in [0.5, 0.6) is 0 Å². The van der Waals surface area contributed by atoms with Crippen molar-refractivity contribution >= 4 is 41.6 Å². The number of halogens is 2. The Balaban J connectivity index is 2.43. The van der Waals surface area contributed by atoms with Gasteiger partial charge in [-0.05, 0) is 48.7 Å². The average molecular weight is 430 g/mol. The zero-order chi connectivity index (χ0) is 20.2. The van der Waals surface area contributed by atoms with Gasteiger partial charge >= 0.3 is 0 Å². The van der Waals surface area contributed by atoms with Gasteiger partial charge in [0.15, 0.2) is 5.85 Å². The predicted molar refractivity (Wildman–Crippen MR) is 115 cm³/mol. The van der Waals surface area contributed by atoms with Crippen molar-refractivity contribution in [2.75, 3.05) is 25.6 Å². The van der Waals surface area contributed by atoms with Crippen molar-refractivity contribution in [2.24, 2.45) is 5.92 Å². The number of aliphatic hydroxyl groups excluding tert-OH is 1. The van der Waals surface area contributed by atoms with Gasteiger partial charge in [-0.3, -0.25) is 4.57 Å². The van der Waals surface area contributed by atoms with Crippen molar-refractivity contribution in [3.63, 3.8) is 0 Å². The van der Waals surface area contributed by atoms with Crippen LogP contribution in [-0.4, -0.2) is 25.8 Å². The molecule has 0 aromatic heterocycles. The fraction of sp³-hybridized carbons (Fsp3) is 0.400. The number of aliphatic hydroxyl groups is 1. The van der Waals surface area contributed by atoms with Crippen LogP contribution in [0.1, 0.15) is 31.7 Å². The highest BCUT2D eigenvalue weighted by atomic mass is 35.5. The quantitative estimate of drug-likeness (QED) is 0.545. The second-order valence-corrected chi connectivity index (χ2v) is 10.4. The summed E-state index contributed by atoms with van der Waals surface area (Å²) in [5.74, 6) is -0.981. The van der Waals surface area contributed by atoms with E-state index in [4.69, 9.17) is 27.7 Å². The van der Waals surface area contributed by atoms with Gasteiger partial charge in [0.05, 0.1) is 6.61 Å². The summed E-state index contributed by atoms with van der Waals surface area (Å²) in [6.07, 6.45) is 0.737. The first-order valence-electron chi connectivity index (χ1n) is 8.80. The van der Waals surface area contributed by atoms with E-state index >= 15 is 0 Å². The van der Waals surface area contributed by atoms with E-state index in [1.165, 1.54) is 6.07 Å². The number of rotatable bonds is 8. The Morgan fingerprint density at radius 1 is 1.11 bits per heavy atom. The van der Waals surface area contributed by atoms with Crippen molar-refractivity contribution in [1.82, 2.24) is 0 Å². The molecule has 0 spiro atoms. The minimum absolute atomic E-state index is 0.257. The maximum atomic E-state index is 13.8. The van der Waals surface area contributed by atoms with Gasteiger partial charge < -0.3 is 14.5 Å². The summed E-state index contributed by atoms with van der Waals surface area (Å²) in [6, 6.07) is 11.9. The topological polar surface area (TPSA) is 49.8 Å². The summed E-state index contributed by atoms with van der Waals surface area (Å²) < 4.78 is 19.7. The third-order valence-electron chi connectivity index (χ3n) is 4.27. The molecule has 0 aliphatic heterocycles. The Morgan fingerprint density at radius 2 is 1.74 bits per heavy atom. The van der Waals surface area contributed by atoms with Crippen molar-refractivity contribution in [3.8, 4) is 0 Å². The average Bonchev–Trinajstić information content (AvgIpc) is 2.60. The molecule has 4 nitrogen and oxygen atoms in total. The fourth-order valence-corrected chi connectivity index (χ4v) is 5.26. The van der Waals surface area contributed by atoms with Gasteiger partial charge in [-0.25, -0.2) is 0 Å². The molecule has 27 heavy (non-hydrogen) atoms. The molecule has 0 aliphatic rings. The molecular formula is C20H26Cl2NO3P. The molecular weight excluding hydrogens is 404 g/mol. The normalized spacial score (nSPS) is 14.8. The van der Waals surface area contributed by atoms with Gasteiger partial charge in [-0.2, -0.15) is 0 Å². The summed E-state index contributed by atoms with van der Waals surface area (Å²) in [5, 5.41) is 12.1. The molecule has 2 rings (SSSR count). The Hall–Kier alpha value is -1.03. The molecule has 2 aromatic carbocycles. The van der Waals surface area contributed by atoms with E-state index in [2.05, 4.69) is 13.8 Å². The molecule has 0 saturated carbocycles. The fourth-order valence-electron chi connectivity index (χ4n) is 2.56. The zero-order valence-corrected chi connectivity index (χ0v) is 18.4.